The Morgan fingerprint density at radius 2 is 1.83 bits per heavy atom. The molecular weight excluding hydrogens is 330 g/mol. The van der Waals surface area contributed by atoms with Gasteiger partial charge in [0.1, 0.15) is 12.4 Å². The SMILES string of the molecule is COc1cc(C)ccc1OCC(=O)NCCOc1ccc(Cl)cc1. The first-order valence-corrected chi connectivity index (χ1v) is 7.89. The van der Waals surface area contributed by atoms with E-state index in [-0.39, 0.29) is 12.5 Å². The molecule has 24 heavy (non-hydrogen) atoms. The molecule has 0 bridgehead atoms. The fourth-order valence-electron chi connectivity index (χ4n) is 1.98. The number of carbonyl (C=O) groups excluding carboxylic acids is 1. The summed E-state index contributed by atoms with van der Waals surface area (Å²) in [4.78, 5) is 11.8. The lowest BCUT2D eigenvalue weighted by atomic mass is 10.2. The highest BCUT2D eigenvalue weighted by molar-refractivity contribution is 6.30. The third-order valence-electron chi connectivity index (χ3n) is 3.18. The van der Waals surface area contributed by atoms with E-state index >= 15 is 0 Å². The van der Waals surface area contributed by atoms with Gasteiger partial charge in [0.2, 0.25) is 0 Å². The number of aryl methyl sites for hydroxylation is 1. The van der Waals surface area contributed by atoms with Gasteiger partial charge in [-0.1, -0.05) is 17.7 Å². The summed E-state index contributed by atoms with van der Waals surface area (Å²) in [6.07, 6.45) is 0. The van der Waals surface area contributed by atoms with Gasteiger partial charge in [-0.05, 0) is 48.9 Å². The number of hydrogen-bond donors (Lipinski definition) is 1. The van der Waals surface area contributed by atoms with Crippen LogP contribution < -0.4 is 19.5 Å². The molecule has 0 atom stereocenters. The molecule has 0 aliphatic carbocycles. The van der Waals surface area contributed by atoms with Gasteiger partial charge in [-0.3, -0.25) is 4.79 Å². The van der Waals surface area contributed by atoms with Crippen molar-refractivity contribution in [1.29, 1.82) is 0 Å². The van der Waals surface area contributed by atoms with Crippen LogP contribution in [0.15, 0.2) is 42.5 Å². The van der Waals surface area contributed by atoms with E-state index in [0.29, 0.717) is 35.4 Å². The van der Waals surface area contributed by atoms with Gasteiger partial charge in [-0.15, -0.1) is 0 Å². The molecule has 0 aliphatic rings. The highest BCUT2D eigenvalue weighted by Gasteiger charge is 2.07. The Balaban J connectivity index is 1.69. The van der Waals surface area contributed by atoms with Crippen molar-refractivity contribution in [3.05, 3.63) is 53.1 Å². The maximum atomic E-state index is 11.8. The van der Waals surface area contributed by atoms with Gasteiger partial charge in [0, 0.05) is 5.02 Å². The largest absolute Gasteiger partial charge is 0.493 e. The van der Waals surface area contributed by atoms with Gasteiger partial charge in [0.15, 0.2) is 18.1 Å². The predicted molar refractivity (Wildman–Crippen MR) is 93.2 cm³/mol. The van der Waals surface area contributed by atoms with Crippen molar-refractivity contribution in [2.75, 3.05) is 26.9 Å². The maximum absolute atomic E-state index is 11.8. The second kappa shape index (κ2) is 9.03. The number of benzene rings is 2. The lowest BCUT2D eigenvalue weighted by Gasteiger charge is -2.11. The van der Waals surface area contributed by atoms with Crippen molar-refractivity contribution < 1.29 is 19.0 Å². The van der Waals surface area contributed by atoms with Gasteiger partial charge in [0.25, 0.3) is 5.91 Å². The molecule has 0 aliphatic heterocycles. The molecule has 2 aromatic carbocycles. The van der Waals surface area contributed by atoms with Gasteiger partial charge in [-0.2, -0.15) is 0 Å². The molecule has 0 heterocycles. The lowest BCUT2D eigenvalue weighted by molar-refractivity contribution is -0.123. The minimum atomic E-state index is -0.225. The van der Waals surface area contributed by atoms with E-state index in [0.717, 1.165) is 5.56 Å². The number of methoxy groups -OCH3 is 1. The highest BCUT2D eigenvalue weighted by atomic mass is 35.5. The van der Waals surface area contributed by atoms with E-state index in [1.165, 1.54) is 0 Å². The first kappa shape index (κ1) is 17.9. The zero-order valence-corrected chi connectivity index (χ0v) is 14.4. The Morgan fingerprint density at radius 3 is 2.54 bits per heavy atom. The fourth-order valence-corrected chi connectivity index (χ4v) is 2.10. The van der Waals surface area contributed by atoms with Crippen molar-refractivity contribution in [2.45, 2.75) is 6.92 Å². The Bertz CT molecular complexity index is 673. The number of ether oxygens (including phenoxy) is 3. The molecule has 2 aromatic rings. The normalized spacial score (nSPS) is 10.1. The number of rotatable bonds is 8. The highest BCUT2D eigenvalue weighted by Crippen LogP contribution is 2.27. The molecule has 0 radical (unpaired) electrons. The van der Waals surface area contributed by atoms with Crippen molar-refractivity contribution >= 4 is 17.5 Å². The lowest BCUT2D eigenvalue weighted by Crippen LogP contribution is -2.32. The second-order valence-corrected chi connectivity index (χ2v) is 5.53. The molecule has 1 amide bonds. The maximum Gasteiger partial charge on any atom is 0.258 e. The average molecular weight is 350 g/mol. The van der Waals surface area contributed by atoms with Crippen LogP contribution in [0.2, 0.25) is 5.02 Å². The Labute approximate surface area is 146 Å². The van der Waals surface area contributed by atoms with Crippen LogP contribution in [-0.2, 0) is 4.79 Å². The van der Waals surface area contributed by atoms with E-state index in [9.17, 15) is 4.79 Å². The average Bonchev–Trinajstić information content (AvgIpc) is 2.59. The molecule has 0 saturated heterocycles. The van der Waals surface area contributed by atoms with Crippen LogP contribution in [0.1, 0.15) is 5.56 Å². The first-order chi connectivity index (χ1) is 11.6. The minimum Gasteiger partial charge on any atom is -0.493 e. The van der Waals surface area contributed by atoms with Crippen LogP contribution in [-0.4, -0.2) is 32.8 Å². The molecule has 2 rings (SSSR count). The summed E-state index contributed by atoms with van der Waals surface area (Å²) in [7, 11) is 1.57. The van der Waals surface area contributed by atoms with E-state index in [1.54, 1.807) is 37.4 Å². The monoisotopic (exact) mass is 349 g/mol. The summed E-state index contributed by atoms with van der Waals surface area (Å²) in [5.74, 6) is 1.62. The van der Waals surface area contributed by atoms with Crippen LogP contribution >= 0.6 is 11.6 Å². The van der Waals surface area contributed by atoms with Crippen LogP contribution in [0.4, 0.5) is 0 Å². The number of halogens is 1. The Hall–Kier alpha value is -2.40. The van der Waals surface area contributed by atoms with Crippen LogP contribution in [0.25, 0.3) is 0 Å². The van der Waals surface area contributed by atoms with Crippen LogP contribution in [0.3, 0.4) is 0 Å². The van der Waals surface area contributed by atoms with E-state index < -0.39 is 0 Å². The van der Waals surface area contributed by atoms with E-state index in [4.69, 9.17) is 25.8 Å². The third kappa shape index (κ3) is 5.66. The van der Waals surface area contributed by atoms with Gasteiger partial charge < -0.3 is 19.5 Å². The quantitative estimate of drug-likeness (QED) is 0.743. The van der Waals surface area contributed by atoms with E-state index in [1.807, 2.05) is 19.1 Å². The summed E-state index contributed by atoms with van der Waals surface area (Å²) in [5.41, 5.74) is 1.06. The summed E-state index contributed by atoms with van der Waals surface area (Å²) in [6, 6.07) is 12.6. The molecular formula is C18H20ClNO4. The van der Waals surface area contributed by atoms with E-state index in [2.05, 4.69) is 5.32 Å². The molecule has 1 N–H and O–H groups in total. The minimum absolute atomic E-state index is 0.0830. The standard InChI is InChI=1S/C18H20ClNO4/c1-13-3-8-16(17(11-13)22-2)24-12-18(21)20-9-10-23-15-6-4-14(19)5-7-15/h3-8,11H,9-10,12H2,1-2H3,(H,20,21). The molecule has 128 valence electrons. The summed E-state index contributed by atoms with van der Waals surface area (Å²) in [6.45, 7) is 2.62. The summed E-state index contributed by atoms with van der Waals surface area (Å²) >= 11 is 5.79. The first-order valence-electron chi connectivity index (χ1n) is 7.51. The fraction of sp³-hybridized carbons (Fsp3) is 0.278. The zero-order valence-electron chi connectivity index (χ0n) is 13.7. The van der Waals surface area contributed by atoms with Crippen molar-refractivity contribution in [3.8, 4) is 17.2 Å². The zero-order chi connectivity index (χ0) is 17.4. The van der Waals surface area contributed by atoms with Gasteiger partial charge in [-0.25, -0.2) is 0 Å². The molecule has 0 saturated carbocycles. The van der Waals surface area contributed by atoms with Crippen molar-refractivity contribution in [3.63, 3.8) is 0 Å². The summed E-state index contributed by atoms with van der Waals surface area (Å²) in [5, 5.41) is 3.38. The van der Waals surface area contributed by atoms with Crippen molar-refractivity contribution in [2.24, 2.45) is 0 Å². The van der Waals surface area contributed by atoms with Crippen LogP contribution in [0, 0.1) is 6.92 Å². The smallest absolute Gasteiger partial charge is 0.258 e. The molecule has 0 fully saturated rings. The third-order valence-corrected chi connectivity index (χ3v) is 3.44. The van der Waals surface area contributed by atoms with Gasteiger partial charge in [0.05, 0.1) is 13.7 Å². The summed E-state index contributed by atoms with van der Waals surface area (Å²) < 4.78 is 16.2. The predicted octanol–water partition coefficient (Wildman–Crippen LogP) is 3.23. The number of hydrogen-bond acceptors (Lipinski definition) is 4. The topological polar surface area (TPSA) is 56.8 Å². The number of carbonyl (C=O) groups is 1. The second-order valence-electron chi connectivity index (χ2n) is 5.10. The molecule has 6 heteroatoms. The molecule has 0 spiro atoms. The molecule has 5 nitrogen and oxygen atoms in total. The molecule has 0 aromatic heterocycles. The Kier molecular flexibility index (Phi) is 6.75. The number of nitrogens with one attached hydrogen (secondary N) is 1. The van der Waals surface area contributed by atoms with Gasteiger partial charge >= 0.3 is 0 Å². The number of amides is 1. The van der Waals surface area contributed by atoms with Crippen molar-refractivity contribution in [1.82, 2.24) is 5.32 Å². The Morgan fingerprint density at radius 1 is 1.08 bits per heavy atom. The molecule has 0 unspecified atom stereocenters. The van der Waals surface area contributed by atoms with Crippen LogP contribution in [0.5, 0.6) is 17.2 Å².